The molecule has 1 aliphatic carbocycles. The highest BCUT2D eigenvalue weighted by atomic mass is 19.1. The summed E-state index contributed by atoms with van der Waals surface area (Å²) in [5.41, 5.74) is 8.66. The molecule has 0 bridgehead atoms. The van der Waals surface area contributed by atoms with Crippen molar-refractivity contribution in [3.8, 4) is 0 Å². The van der Waals surface area contributed by atoms with Crippen molar-refractivity contribution in [3.63, 3.8) is 0 Å². The Morgan fingerprint density at radius 1 is 1.00 bits per heavy atom. The Labute approximate surface area is 125 Å². The van der Waals surface area contributed by atoms with Crippen molar-refractivity contribution in [2.45, 2.75) is 38.5 Å². The van der Waals surface area contributed by atoms with E-state index in [-0.39, 0.29) is 12.4 Å². The van der Waals surface area contributed by atoms with Crippen LogP contribution < -0.4 is 5.73 Å². The van der Waals surface area contributed by atoms with Crippen molar-refractivity contribution in [1.29, 1.82) is 0 Å². The molecule has 2 N–H and O–H groups in total. The molecule has 0 atom stereocenters. The molecule has 2 aromatic rings. The van der Waals surface area contributed by atoms with Gasteiger partial charge < -0.3 is 5.73 Å². The van der Waals surface area contributed by atoms with Crippen LogP contribution in [0, 0.1) is 5.82 Å². The van der Waals surface area contributed by atoms with Gasteiger partial charge in [0.15, 0.2) is 0 Å². The van der Waals surface area contributed by atoms with Crippen molar-refractivity contribution in [1.82, 2.24) is 4.90 Å². The van der Waals surface area contributed by atoms with Gasteiger partial charge in [-0.25, -0.2) is 4.39 Å². The molecule has 21 heavy (non-hydrogen) atoms. The fraction of sp³-hybridized carbons (Fsp3) is 0.333. The van der Waals surface area contributed by atoms with Crippen LogP contribution in [0.15, 0.2) is 48.5 Å². The molecular weight excluding hydrogens is 263 g/mol. The Morgan fingerprint density at radius 3 is 2.38 bits per heavy atom. The summed E-state index contributed by atoms with van der Waals surface area (Å²) in [6.45, 7) is 2.05. The van der Waals surface area contributed by atoms with Crippen LogP contribution in [0.2, 0.25) is 0 Å². The van der Waals surface area contributed by atoms with E-state index in [1.54, 1.807) is 0 Å². The van der Waals surface area contributed by atoms with E-state index >= 15 is 0 Å². The lowest BCUT2D eigenvalue weighted by Gasteiger charge is -2.22. The van der Waals surface area contributed by atoms with Gasteiger partial charge in [-0.15, -0.1) is 0 Å². The Bertz CT molecular complexity index is 593. The molecule has 3 heteroatoms. The van der Waals surface area contributed by atoms with Crippen molar-refractivity contribution in [2.24, 2.45) is 5.73 Å². The molecule has 0 radical (unpaired) electrons. The zero-order valence-electron chi connectivity index (χ0n) is 12.1. The second-order valence-corrected chi connectivity index (χ2v) is 5.75. The first kappa shape index (κ1) is 14.2. The highest BCUT2D eigenvalue weighted by molar-refractivity contribution is 5.25. The second-order valence-electron chi connectivity index (χ2n) is 5.75. The molecule has 0 spiro atoms. The summed E-state index contributed by atoms with van der Waals surface area (Å²) in [4.78, 5) is 2.48. The number of benzene rings is 2. The Hall–Kier alpha value is -1.71. The molecule has 1 saturated carbocycles. The summed E-state index contributed by atoms with van der Waals surface area (Å²) in [7, 11) is 0. The fourth-order valence-corrected chi connectivity index (χ4v) is 2.69. The first-order valence-electron chi connectivity index (χ1n) is 7.51. The highest BCUT2D eigenvalue weighted by Crippen LogP contribution is 2.30. The van der Waals surface area contributed by atoms with Crippen LogP contribution in [0.4, 0.5) is 4.39 Å². The van der Waals surface area contributed by atoms with Gasteiger partial charge in [-0.2, -0.15) is 0 Å². The van der Waals surface area contributed by atoms with Gasteiger partial charge in [-0.3, -0.25) is 4.90 Å². The summed E-state index contributed by atoms with van der Waals surface area (Å²) < 4.78 is 13.5. The Morgan fingerprint density at radius 2 is 1.71 bits per heavy atom. The van der Waals surface area contributed by atoms with E-state index in [2.05, 4.69) is 29.2 Å². The lowest BCUT2D eigenvalue weighted by Crippen LogP contribution is -2.25. The maximum atomic E-state index is 13.5. The molecule has 3 rings (SSSR count). The van der Waals surface area contributed by atoms with Crippen LogP contribution in [-0.2, 0) is 19.6 Å². The number of nitrogens with two attached hydrogens (primary N) is 1. The molecule has 0 amide bonds. The predicted octanol–water partition coefficient (Wildman–Crippen LogP) is 3.45. The maximum Gasteiger partial charge on any atom is 0.127 e. The van der Waals surface area contributed by atoms with Crippen LogP contribution in [-0.4, -0.2) is 10.9 Å². The SMILES string of the molecule is NCc1cc(CN(Cc2ccccc2)C2CC2)ccc1F. The normalized spacial score (nSPS) is 14.6. The Balaban J connectivity index is 1.73. The quantitative estimate of drug-likeness (QED) is 0.880. The molecule has 1 fully saturated rings. The summed E-state index contributed by atoms with van der Waals surface area (Å²) in [5.74, 6) is -0.206. The van der Waals surface area contributed by atoms with Crippen molar-refractivity contribution < 1.29 is 4.39 Å². The summed E-state index contributed by atoms with van der Waals surface area (Å²) in [5, 5.41) is 0. The zero-order valence-corrected chi connectivity index (χ0v) is 12.1. The molecule has 2 aromatic carbocycles. The van der Waals surface area contributed by atoms with E-state index < -0.39 is 0 Å². The topological polar surface area (TPSA) is 29.3 Å². The van der Waals surface area contributed by atoms with Gasteiger partial charge >= 0.3 is 0 Å². The van der Waals surface area contributed by atoms with Gasteiger partial charge in [0.25, 0.3) is 0 Å². The van der Waals surface area contributed by atoms with Crippen LogP contribution >= 0.6 is 0 Å². The summed E-state index contributed by atoms with van der Waals surface area (Å²) in [6, 6.07) is 16.5. The molecule has 0 aliphatic heterocycles. The molecule has 0 unspecified atom stereocenters. The number of rotatable bonds is 6. The molecule has 0 aromatic heterocycles. The molecule has 2 nitrogen and oxygen atoms in total. The monoisotopic (exact) mass is 284 g/mol. The van der Waals surface area contributed by atoms with Gasteiger partial charge in [0.2, 0.25) is 0 Å². The third-order valence-corrected chi connectivity index (χ3v) is 4.01. The largest absolute Gasteiger partial charge is 0.326 e. The van der Waals surface area contributed by atoms with Gasteiger partial charge in [0, 0.05) is 31.2 Å². The average molecular weight is 284 g/mol. The van der Waals surface area contributed by atoms with Gasteiger partial charge in [0.1, 0.15) is 5.82 Å². The first-order chi connectivity index (χ1) is 10.3. The lowest BCUT2D eigenvalue weighted by molar-refractivity contribution is 0.245. The van der Waals surface area contributed by atoms with Crippen LogP contribution in [0.25, 0.3) is 0 Å². The Kier molecular flexibility index (Phi) is 4.32. The van der Waals surface area contributed by atoms with E-state index in [0.717, 1.165) is 18.7 Å². The highest BCUT2D eigenvalue weighted by Gasteiger charge is 2.28. The molecule has 0 heterocycles. The number of halogens is 1. The predicted molar refractivity (Wildman–Crippen MR) is 83.0 cm³/mol. The molecule has 0 saturated heterocycles. The first-order valence-corrected chi connectivity index (χ1v) is 7.51. The van der Waals surface area contributed by atoms with Gasteiger partial charge in [0.05, 0.1) is 0 Å². The number of hydrogen-bond acceptors (Lipinski definition) is 2. The maximum absolute atomic E-state index is 13.5. The molecular formula is C18H21FN2. The third-order valence-electron chi connectivity index (χ3n) is 4.01. The third kappa shape index (κ3) is 3.69. The number of hydrogen-bond donors (Lipinski definition) is 1. The summed E-state index contributed by atoms with van der Waals surface area (Å²) in [6.07, 6.45) is 2.52. The lowest BCUT2D eigenvalue weighted by atomic mass is 10.1. The number of nitrogens with zero attached hydrogens (tertiary/aromatic N) is 1. The van der Waals surface area contributed by atoms with E-state index in [1.807, 2.05) is 18.2 Å². The minimum atomic E-state index is -0.206. The van der Waals surface area contributed by atoms with Crippen molar-refractivity contribution in [3.05, 3.63) is 71.0 Å². The van der Waals surface area contributed by atoms with Crippen LogP contribution in [0.1, 0.15) is 29.5 Å². The second kappa shape index (κ2) is 6.37. The van der Waals surface area contributed by atoms with Crippen molar-refractivity contribution >= 4 is 0 Å². The van der Waals surface area contributed by atoms with E-state index in [1.165, 1.54) is 24.5 Å². The zero-order chi connectivity index (χ0) is 14.7. The van der Waals surface area contributed by atoms with E-state index in [4.69, 9.17) is 5.73 Å². The van der Waals surface area contributed by atoms with E-state index in [9.17, 15) is 4.39 Å². The fourth-order valence-electron chi connectivity index (χ4n) is 2.69. The van der Waals surface area contributed by atoms with Gasteiger partial charge in [-0.05, 0) is 30.0 Å². The smallest absolute Gasteiger partial charge is 0.127 e. The van der Waals surface area contributed by atoms with Crippen molar-refractivity contribution in [2.75, 3.05) is 0 Å². The van der Waals surface area contributed by atoms with Crippen LogP contribution in [0.3, 0.4) is 0 Å². The average Bonchev–Trinajstić information content (AvgIpc) is 3.34. The minimum absolute atomic E-state index is 0.206. The molecule has 110 valence electrons. The minimum Gasteiger partial charge on any atom is -0.326 e. The standard InChI is InChI=1S/C18H21FN2/c19-18-9-6-15(10-16(18)11-20)13-21(17-7-8-17)12-14-4-2-1-3-5-14/h1-6,9-10,17H,7-8,11-13,20H2. The molecule has 1 aliphatic rings. The van der Waals surface area contributed by atoms with E-state index in [0.29, 0.717) is 11.6 Å². The summed E-state index contributed by atoms with van der Waals surface area (Å²) >= 11 is 0. The van der Waals surface area contributed by atoms with Gasteiger partial charge in [-0.1, -0.05) is 42.5 Å². The van der Waals surface area contributed by atoms with Crippen LogP contribution in [0.5, 0.6) is 0 Å².